The maximum Gasteiger partial charge on any atom is 0.359 e. The second kappa shape index (κ2) is 6.40. The molecule has 0 aliphatic rings. The molecule has 0 saturated heterocycles. The van der Waals surface area contributed by atoms with Crippen molar-refractivity contribution in [3.63, 3.8) is 0 Å². The van der Waals surface area contributed by atoms with Crippen LogP contribution in [0.1, 0.15) is 43.9 Å². The normalized spacial score (nSPS) is 12.3. The molecule has 1 atom stereocenters. The number of amides is 1. The van der Waals surface area contributed by atoms with E-state index >= 15 is 0 Å². The van der Waals surface area contributed by atoms with Crippen LogP contribution in [-0.2, 0) is 16.1 Å². The van der Waals surface area contributed by atoms with Crippen molar-refractivity contribution in [1.29, 1.82) is 0 Å². The highest BCUT2D eigenvalue weighted by Crippen LogP contribution is 2.18. The Kier molecular flexibility index (Phi) is 5.12. The SMILES string of the molecule is CCn1nc(C)c(N)c1C(=O)OC(C)C(=O)NC(C)C. The highest BCUT2D eigenvalue weighted by Gasteiger charge is 2.25. The van der Waals surface area contributed by atoms with Gasteiger partial charge in [-0.25, -0.2) is 4.79 Å². The number of carbonyl (C=O) groups is 2. The van der Waals surface area contributed by atoms with Crippen LogP contribution in [0.2, 0.25) is 0 Å². The monoisotopic (exact) mass is 282 g/mol. The number of anilines is 1. The molecule has 0 fully saturated rings. The third-order valence-electron chi connectivity index (χ3n) is 2.75. The lowest BCUT2D eigenvalue weighted by Gasteiger charge is -2.15. The molecule has 1 unspecified atom stereocenters. The van der Waals surface area contributed by atoms with Gasteiger partial charge in [0.2, 0.25) is 0 Å². The molecule has 1 aromatic rings. The number of aryl methyl sites for hydroxylation is 2. The number of nitrogen functional groups attached to an aromatic ring is 1. The van der Waals surface area contributed by atoms with Gasteiger partial charge in [-0.05, 0) is 34.6 Å². The quantitative estimate of drug-likeness (QED) is 0.780. The second-order valence-corrected chi connectivity index (χ2v) is 4.87. The van der Waals surface area contributed by atoms with E-state index in [9.17, 15) is 9.59 Å². The van der Waals surface area contributed by atoms with Gasteiger partial charge < -0.3 is 15.8 Å². The molecule has 0 aliphatic carbocycles. The van der Waals surface area contributed by atoms with Gasteiger partial charge in [-0.2, -0.15) is 5.10 Å². The van der Waals surface area contributed by atoms with E-state index < -0.39 is 12.1 Å². The van der Waals surface area contributed by atoms with Gasteiger partial charge in [0.1, 0.15) is 0 Å². The Morgan fingerprint density at radius 3 is 2.50 bits per heavy atom. The van der Waals surface area contributed by atoms with Crippen LogP contribution in [0.25, 0.3) is 0 Å². The number of nitrogens with two attached hydrogens (primary N) is 1. The van der Waals surface area contributed by atoms with E-state index in [1.165, 1.54) is 11.6 Å². The molecule has 0 aliphatic heterocycles. The molecular formula is C13H22N4O3. The first-order valence-electron chi connectivity index (χ1n) is 6.62. The topological polar surface area (TPSA) is 99.2 Å². The second-order valence-electron chi connectivity index (χ2n) is 4.87. The lowest BCUT2D eigenvalue weighted by Crippen LogP contribution is -2.39. The predicted molar refractivity (Wildman–Crippen MR) is 75.2 cm³/mol. The minimum atomic E-state index is -0.884. The summed E-state index contributed by atoms with van der Waals surface area (Å²) >= 11 is 0. The molecule has 7 heteroatoms. The number of rotatable bonds is 5. The third-order valence-corrected chi connectivity index (χ3v) is 2.75. The number of carbonyl (C=O) groups excluding carboxylic acids is 2. The zero-order valence-corrected chi connectivity index (χ0v) is 12.6. The van der Waals surface area contributed by atoms with Crippen LogP contribution in [0.5, 0.6) is 0 Å². The third kappa shape index (κ3) is 3.49. The average Bonchev–Trinajstić information content (AvgIpc) is 2.64. The Bertz CT molecular complexity index is 508. The zero-order chi connectivity index (χ0) is 15.4. The summed E-state index contributed by atoms with van der Waals surface area (Å²) in [5, 5.41) is 6.82. The molecule has 1 heterocycles. The Labute approximate surface area is 118 Å². The van der Waals surface area contributed by atoms with Crippen molar-refractivity contribution in [2.75, 3.05) is 5.73 Å². The molecular weight excluding hydrogens is 260 g/mol. The maximum atomic E-state index is 12.1. The molecule has 0 spiro atoms. The maximum absolute atomic E-state index is 12.1. The van der Waals surface area contributed by atoms with Gasteiger partial charge in [-0.3, -0.25) is 9.48 Å². The predicted octanol–water partition coefficient (Wildman–Crippen LogP) is 0.864. The Morgan fingerprint density at radius 1 is 1.40 bits per heavy atom. The smallest absolute Gasteiger partial charge is 0.359 e. The van der Waals surface area contributed by atoms with Crippen molar-refractivity contribution in [3.05, 3.63) is 11.4 Å². The van der Waals surface area contributed by atoms with E-state index in [1.807, 2.05) is 20.8 Å². The lowest BCUT2D eigenvalue weighted by atomic mass is 10.3. The van der Waals surface area contributed by atoms with Gasteiger partial charge in [0, 0.05) is 12.6 Å². The highest BCUT2D eigenvalue weighted by molar-refractivity contribution is 5.95. The van der Waals surface area contributed by atoms with E-state index in [-0.39, 0.29) is 23.3 Å². The number of nitrogens with zero attached hydrogens (tertiary/aromatic N) is 2. The highest BCUT2D eigenvalue weighted by atomic mass is 16.5. The summed E-state index contributed by atoms with van der Waals surface area (Å²) in [6, 6.07) is -0.0165. The Hall–Kier alpha value is -2.05. The minimum absolute atomic E-state index is 0.0165. The molecule has 112 valence electrons. The minimum Gasteiger partial charge on any atom is -0.448 e. The van der Waals surface area contributed by atoms with Crippen LogP contribution >= 0.6 is 0 Å². The molecule has 1 rings (SSSR count). The van der Waals surface area contributed by atoms with E-state index in [0.717, 1.165) is 0 Å². The number of hydrogen-bond acceptors (Lipinski definition) is 5. The van der Waals surface area contributed by atoms with Crippen molar-refractivity contribution >= 4 is 17.6 Å². The summed E-state index contributed by atoms with van der Waals surface area (Å²) in [6.45, 7) is 9.24. The number of ether oxygens (including phenoxy) is 1. The van der Waals surface area contributed by atoms with E-state index in [0.29, 0.717) is 12.2 Å². The summed E-state index contributed by atoms with van der Waals surface area (Å²) in [6.07, 6.45) is -0.884. The molecule has 0 aromatic carbocycles. The van der Waals surface area contributed by atoms with Crippen molar-refractivity contribution in [1.82, 2.24) is 15.1 Å². The lowest BCUT2D eigenvalue weighted by molar-refractivity contribution is -0.129. The van der Waals surface area contributed by atoms with Gasteiger partial charge in [0.25, 0.3) is 5.91 Å². The van der Waals surface area contributed by atoms with E-state index in [2.05, 4.69) is 10.4 Å². The summed E-state index contributed by atoms with van der Waals surface area (Å²) < 4.78 is 6.62. The van der Waals surface area contributed by atoms with Gasteiger partial charge in [-0.15, -0.1) is 0 Å². The zero-order valence-electron chi connectivity index (χ0n) is 12.6. The Morgan fingerprint density at radius 2 is 2.00 bits per heavy atom. The van der Waals surface area contributed by atoms with Gasteiger partial charge >= 0.3 is 5.97 Å². The van der Waals surface area contributed by atoms with Crippen LogP contribution in [0.3, 0.4) is 0 Å². The molecule has 7 nitrogen and oxygen atoms in total. The summed E-state index contributed by atoms with van der Waals surface area (Å²) in [4.78, 5) is 23.8. The number of esters is 1. The van der Waals surface area contributed by atoms with Crippen molar-refractivity contribution in [2.45, 2.75) is 53.3 Å². The Balaban J connectivity index is 2.84. The van der Waals surface area contributed by atoms with E-state index in [1.54, 1.807) is 6.92 Å². The fourth-order valence-corrected chi connectivity index (χ4v) is 1.71. The fraction of sp³-hybridized carbons (Fsp3) is 0.615. The average molecular weight is 282 g/mol. The number of aromatic nitrogens is 2. The van der Waals surface area contributed by atoms with Crippen LogP contribution < -0.4 is 11.1 Å². The first-order chi connectivity index (χ1) is 9.27. The van der Waals surface area contributed by atoms with Crippen LogP contribution in [-0.4, -0.2) is 33.8 Å². The molecule has 0 radical (unpaired) electrons. The molecule has 1 aromatic heterocycles. The molecule has 3 N–H and O–H groups in total. The van der Waals surface area contributed by atoms with E-state index in [4.69, 9.17) is 10.5 Å². The van der Waals surface area contributed by atoms with Gasteiger partial charge in [0.15, 0.2) is 11.8 Å². The number of nitrogens with one attached hydrogen (secondary N) is 1. The standard InChI is InChI=1S/C13H22N4O3/c1-6-17-11(10(14)8(4)16-17)13(19)20-9(5)12(18)15-7(2)3/h7,9H,6,14H2,1-5H3,(H,15,18). The van der Waals surface area contributed by atoms with Crippen LogP contribution in [0.4, 0.5) is 5.69 Å². The molecule has 1 amide bonds. The van der Waals surface area contributed by atoms with Crippen LogP contribution in [0.15, 0.2) is 0 Å². The number of hydrogen-bond donors (Lipinski definition) is 2. The molecule has 0 bridgehead atoms. The van der Waals surface area contributed by atoms with Gasteiger partial charge in [-0.1, -0.05) is 0 Å². The molecule has 20 heavy (non-hydrogen) atoms. The van der Waals surface area contributed by atoms with Crippen molar-refractivity contribution in [3.8, 4) is 0 Å². The summed E-state index contributed by atoms with van der Waals surface area (Å²) in [7, 11) is 0. The molecule has 0 saturated carbocycles. The largest absolute Gasteiger partial charge is 0.448 e. The van der Waals surface area contributed by atoms with Gasteiger partial charge in [0.05, 0.1) is 11.4 Å². The van der Waals surface area contributed by atoms with Crippen molar-refractivity contribution < 1.29 is 14.3 Å². The summed E-state index contributed by atoms with van der Waals surface area (Å²) in [5.41, 5.74) is 6.87. The van der Waals surface area contributed by atoms with Crippen molar-refractivity contribution in [2.24, 2.45) is 0 Å². The first kappa shape index (κ1) is 16.0. The fourth-order valence-electron chi connectivity index (χ4n) is 1.71. The first-order valence-corrected chi connectivity index (χ1v) is 6.62. The van der Waals surface area contributed by atoms with Crippen LogP contribution in [0, 0.1) is 6.92 Å². The summed E-state index contributed by atoms with van der Waals surface area (Å²) in [5.74, 6) is -0.984.